The molecule has 152 valence electrons. The van der Waals surface area contributed by atoms with Crippen molar-refractivity contribution in [1.29, 1.82) is 0 Å². The first-order valence-electron chi connectivity index (χ1n) is 9.55. The molecule has 0 amide bonds. The van der Waals surface area contributed by atoms with E-state index >= 15 is 0 Å². The lowest BCUT2D eigenvalue weighted by atomic mass is 9.85. The Bertz CT molecular complexity index is 441. The third kappa shape index (κ3) is 4.79. The molecule has 0 spiro atoms. The van der Waals surface area contributed by atoms with Gasteiger partial charge < -0.3 is 34.2 Å². The van der Waals surface area contributed by atoms with Crippen molar-refractivity contribution < 1.29 is 34.2 Å². The van der Waals surface area contributed by atoms with Crippen LogP contribution in [-0.2, 0) is 18.9 Å². The highest BCUT2D eigenvalue weighted by atomic mass is 31.0. The molecular formula is C17H34BO7P. The van der Waals surface area contributed by atoms with Crippen molar-refractivity contribution in [2.24, 2.45) is 11.8 Å². The van der Waals surface area contributed by atoms with Crippen LogP contribution in [0.3, 0.4) is 0 Å². The molecule has 26 heavy (non-hydrogen) atoms. The van der Waals surface area contributed by atoms with E-state index in [1.165, 1.54) is 0 Å². The minimum atomic E-state index is -1.01. The second-order valence-electron chi connectivity index (χ2n) is 7.62. The van der Waals surface area contributed by atoms with Gasteiger partial charge in [-0.15, -0.1) is 9.12 Å². The molecule has 9 heteroatoms. The van der Waals surface area contributed by atoms with Crippen molar-refractivity contribution in [2.45, 2.75) is 90.0 Å². The van der Waals surface area contributed by atoms with Gasteiger partial charge in [0.2, 0.25) is 0 Å². The quantitative estimate of drug-likeness (QED) is 0.451. The van der Waals surface area contributed by atoms with E-state index in [0.29, 0.717) is 0 Å². The maximum Gasteiger partial charge on any atom is 0.312 e. The molecule has 2 aliphatic rings. The van der Waals surface area contributed by atoms with Crippen LogP contribution in [-0.4, -0.2) is 77.6 Å². The largest absolute Gasteiger partial charge is 0.426 e. The zero-order chi connectivity index (χ0) is 19.6. The van der Waals surface area contributed by atoms with Crippen LogP contribution in [0.2, 0.25) is 6.82 Å². The summed E-state index contributed by atoms with van der Waals surface area (Å²) in [4.78, 5) is 0. The summed E-state index contributed by atoms with van der Waals surface area (Å²) in [5.74, 6) is -0.380. The van der Waals surface area contributed by atoms with E-state index in [2.05, 4.69) is 16.0 Å². The molecule has 0 radical (unpaired) electrons. The van der Waals surface area contributed by atoms with Crippen LogP contribution in [0.15, 0.2) is 0 Å². The minimum absolute atomic E-state index is 0.0247. The van der Waals surface area contributed by atoms with E-state index in [0.717, 1.165) is 6.42 Å². The Labute approximate surface area is 159 Å². The average molecular weight is 392 g/mol. The van der Waals surface area contributed by atoms with E-state index in [1.54, 1.807) is 6.92 Å². The molecule has 2 heterocycles. The van der Waals surface area contributed by atoms with Gasteiger partial charge >= 0.3 is 6.64 Å². The van der Waals surface area contributed by atoms with Crippen LogP contribution < -0.4 is 0 Å². The zero-order valence-corrected chi connectivity index (χ0v) is 17.5. The molecule has 0 aromatic heterocycles. The first kappa shape index (κ1) is 22.5. The summed E-state index contributed by atoms with van der Waals surface area (Å²) in [6.07, 6.45) is -3.78. The molecule has 0 aromatic carbocycles. The van der Waals surface area contributed by atoms with Gasteiger partial charge in [-0.05, 0) is 13.3 Å². The van der Waals surface area contributed by atoms with Gasteiger partial charge in [-0.25, -0.2) is 0 Å². The molecule has 2 aliphatic heterocycles. The topological polar surface area (TPSA) is 97.6 Å². The Balaban J connectivity index is 2.21. The summed E-state index contributed by atoms with van der Waals surface area (Å²) in [5.41, 5.74) is 0. The van der Waals surface area contributed by atoms with E-state index in [-0.39, 0.29) is 37.5 Å². The van der Waals surface area contributed by atoms with E-state index < -0.39 is 36.6 Å². The number of hydrogen-bond donors (Lipinski definition) is 3. The first-order valence-corrected chi connectivity index (χ1v) is 10.2. The van der Waals surface area contributed by atoms with Crippen molar-refractivity contribution >= 4 is 15.8 Å². The van der Waals surface area contributed by atoms with Crippen LogP contribution in [0.5, 0.6) is 0 Å². The van der Waals surface area contributed by atoms with Gasteiger partial charge in [0.15, 0.2) is 6.29 Å². The fourth-order valence-electron chi connectivity index (χ4n) is 3.74. The molecule has 0 aromatic rings. The molecule has 2 fully saturated rings. The van der Waals surface area contributed by atoms with Crippen molar-refractivity contribution in [3.8, 4) is 0 Å². The summed E-state index contributed by atoms with van der Waals surface area (Å²) >= 11 is 0. The fraction of sp³-hybridized carbons (Fsp3) is 1.00. The number of rotatable bonds is 6. The van der Waals surface area contributed by atoms with E-state index in [1.807, 2.05) is 20.7 Å². The highest BCUT2D eigenvalue weighted by Crippen LogP contribution is 2.35. The van der Waals surface area contributed by atoms with Crippen LogP contribution in [0.25, 0.3) is 0 Å². The molecule has 11 unspecified atom stereocenters. The van der Waals surface area contributed by atoms with Crippen molar-refractivity contribution in [1.82, 2.24) is 0 Å². The minimum Gasteiger partial charge on any atom is -0.426 e. The Morgan fingerprint density at radius 3 is 2.19 bits per heavy atom. The molecule has 2 saturated heterocycles. The first-order chi connectivity index (χ1) is 12.2. The second-order valence-corrected chi connectivity index (χ2v) is 8.56. The number of ether oxygens (including phenoxy) is 3. The second kappa shape index (κ2) is 9.61. The van der Waals surface area contributed by atoms with Gasteiger partial charge in [-0.3, -0.25) is 0 Å². The van der Waals surface area contributed by atoms with Crippen LogP contribution in [0.4, 0.5) is 0 Å². The SMILES string of the molecule is CCC1OC(C)C(C)C(OB(C)P)C1OC1OC(CO)C(O)C(C)C1O. The molecule has 3 N–H and O–H groups in total. The van der Waals surface area contributed by atoms with Gasteiger partial charge in [0, 0.05) is 11.8 Å². The summed E-state index contributed by atoms with van der Waals surface area (Å²) < 4.78 is 24.1. The van der Waals surface area contributed by atoms with Gasteiger partial charge in [-0.1, -0.05) is 27.6 Å². The van der Waals surface area contributed by atoms with E-state index in [9.17, 15) is 15.3 Å². The molecule has 0 bridgehead atoms. The van der Waals surface area contributed by atoms with Gasteiger partial charge in [0.1, 0.15) is 18.3 Å². The lowest BCUT2D eigenvalue weighted by Crippen LogP contribution is -2.61. The summed E-state index contributed by atoms with van der Waals surface area (Å²) in [7, 11) is 2.63. The van der Waals surface area contributed by atoms with Crippen LogP contribution in [0.1, 0.15) is 34.1 Å². The molecule has 0 saturated carbocycles. The summed E-state index contributed by atoms with van der Waals surface area (Å²) in [6, 6.07) is 0. The van der Waals surface area contributed by atoms with Crippen LogP contribution in [0, 0.1) is 11.8 Å². The third-order valence-electron chi connectivity index (χ3n) is 5.63. The molecular weight excluding hydrogens is 358 g/mol. The van der Waals surface area contributed by atoms with Crippen LogP contribution >= 0.6 is 9.12 Å². The lowest BCUT2D eigenvalue weighted by molar-refractivity contribution is -0.327. The average Bonchev–Trinajstić information content (AvgIpc) is 2.60. The molecule has 0 aliphatic carbocycles. The zero-order valence-electron chi connectivity index (χ0n) is 16.3. The Hall–Kier alpha value is 0.215. The molecule has 7 nitrogen and oxygen atoms in total. The van der Waals surface area contributed by atoms with Gasteiger partial charge in [0.05, 0.1) is 31.0 Å². The molecule has 2 rings (SSSR count). The standard InChI is InChI=1S/C17H34BO7P/c1-6-11-16(15(25-18(5)26)8(2)10(4)22-11)24-17-14(21)9(3)13(20)12(7-19)23-17/h8-17,19-21H,6-7,26H2,1-5H3. The predicted molar refractivity (Wildman–Crippen MR) is 102 cm³/mol. The Morgan fingerprint density at radius 1 is 1.00 bits per heavy atom. The number of hydrogen-bond acceptors (Lipinski definition) is 7. The number of aliphatic hydroxyl groups excluding tert-OH is 3. The maximum absolute atomic E-state index is 10.5. The Morgan fingerprint density at radius 2 is 1.65 bits per heavy atom. The smallest absolute Gasteiger partial charge is 0.312 e. The lowest BCUT2D eigenvalue weighted by Gasteiger charge is -2.48. The van der Waals surface area contributed by atoms with Crippen molar-refractivity contribution in [3.63, 3.8) is 0 Å². The number of aliphatic hydroxyl groups is 3. The maximum atomic E-state index is 10.5. The monoisotopic (exact) mass is 392 g/mol. The van der Waals surface area contributed by atoms with Crippen molar-refractivity contribution in [2.75, 3.05) is 6.61 Å². The Kier molecular flexibility index (Phi) is 8.32. The normalized spacial score (nSPS) is 47.0. The molecule has 11 atom stereocenters. The highest BCUT2D eigenvalue weighted by molar-refractivity contribution is 7.60. The third-order valence-corrected chi connectivity index (χ3v) is 5.79. The summed E-state index contributed by atoms with van der Waals surface area (Å²) in [6.45, 7) is 9.37. The summed E-state index contributed by atoms with van der Waals surface area (Å²) in [5, 5.41) is 30.1. The van der Waals surface area contributed by atoms with Gasteiger partial charge in [-0.2, -0.15) is 0 Å². The fourth-order valence-corrected chi connectivity index (χ4v) is 3.92. The van der Waals surface area contributed by atoms with Gasteiger partial charge in [0.25, 0.3) is 0 Å². The highest BCUT2D eigenvalue weighted by Gasteiger charge is 2.48. The van der Waals surface area contributed by atoms with Crippen molar-refractivity contribution in [3.05, 3.63) is 0 Å². The predicted octanol–water partition coefficient (Wildman–Crippen LogP) is 0.658. The van der Waals surface area contributed by atoms with E-state index in [4.69, 9.17) is 18.9 Å².